The van der Waals surface area contributed by atoms with Gasteiger partial charge in [-0.1, -0.05) is 47.5 Å². The van der Waals surface area contributed by atoms with Crippen LogP contribution < -0.4 is 0 Å². The third-order valence-electron chi connectivity index (χ3n) is 5.20. The topological polar surface area (TPSA) is 51.8 Å². The first kappa shape index (κ1) is 17.2. The molecule has 2 aromatic heterocycles. The Balaban J connectivity index is 1.78. The maximum Gasteiger partial charge on any atom is 0.115 e. The number of aromatic nitrogens is 2. The highest BCUT2D eigenvalue weighted by atomic mass is 35.5. The van der Waals surface area contributed by atoms with Crippen molar-refractivity contribution < 1.29 is 5.11 Å². The molecule has 0 atom stereocenters. The van der Waals surface area contributed by atoms with E-state index in [-0.39, 0.29) is 11.7 Å². The third kappa shape index (κ3) is 2.84. The van der Waals surface area contributed by atoms with Gasteiger partial charge < -0.3 is 15.1 Å². The predicted octanol–water partition coefficient (Wildman–Crippen LogP) is 6.84. The Labute approximate surface area is 171 Å². The molecule has 0 aliphatic heterocycles. The van der Waals surface area contributed by atoms with Gasteiger partial charge in [-0.05, 0) is 53.1 Å². The molecule has 3 N–H and O–H groups in total. The first-order valence-corrected chi connectivity index (χ1v) is 9.68. The maximum absolute atomic E-state index is 9.76. The summed E-state index contributed by atoms with van der Waals surface area (Å²) in [5, 5.41) is 13.4. The summed E-state index contributed by atoms with van der Waals surface area (Å²) in [5.74, 6) is 0.226. The summed E-state index contributed by atoms with van der Waals surface area (Å²) < 4.78 is 0. The summed E-state index contributed by atoms with van der Waals surface area (Å²) >= 11 is 12.3. The number of aromatic hydroxyl groups is 1. The molecule has 0 spiro atoms. The van der Waals surface area contributed by atoms with Crippen LogP contribution in [0, 0.1) is 0 Å². The molecule has 0 saturated carbocycles. The number of H-pyrrole nitrogens is 2. The Kier molecular flexibility index (Phi) is 4.08. The molecular formula is C23H16Cl2N2O. The maximum atomic E-state index is 9.76. The number of fused-ring (bicyclic) bond motifs is 2. The van der Waals surface area contributed by atoms with Crippen LogP contribution in [0.3, 0.4) is 0 Å². The Morgan fingerprint density at radius 2 is 1.18 bits per heavy atom. The molecule has 0 fully saturated rings. The molecule has 0 amide bonds. The smallest absolute Gasteiger partial charge is 0.115 e. The van der Waals surface area contributed by atoms with Gasteiger partial charge in [0.1, 0.15) is 5.75 Å². The minimum absolute atomic E-state index is 0.0227. The van der Waals surface area contributed by atoms with E-state index in [4.69, 9.17) is 23.2 Å². The molecule has 0 bridgehead atoms. The quantitative estimate of drug-likeness (QED) is 0.301. The summed E-state index contributed by atoms with van der Waals surface area (Å²) in [5.41, 5.74) is 5.37. The van der Waals surface area contributed by atoms with E-state index in [1.165, 1.54) is 0 Å². The van der Waals surface area contributed by atoms with Crippen LogP contribution >= 0.6 is 23.2 Å². The van der Waals surface area contributed by atoms with Gasteiger partial charge >= 0.3 is 0 Å². The van der Waals surface area contributed by atoms with Gasteiger partial charge in [0, 0.05) is 50.2 Å². The highest BCUT2D eigenvalue weighted by molar-refractivity contribution is 6.31. The Bertz CT molecular complexity index is 1220. The van der Waals surface area contributed by atoms with Gasteiger partial charge in [0.2, 0.25) is 0 Å². The summed E-state index contributed by atoms with van der Waals surface area (Å²) in [6.07, 6.45) is 4.07. The van der Waals surface area contributed by atoms with Gasteiger partial charge in [-0.15, -0.1) is 0 Å². The molecule has 0 unspecified atom stereocenters. The molecule has 5 heteroatoms. The number of rotatable bonds is 3. The van der Waals surface area contributed by atoms with Crippen LogP contribution in [0.15, 0.2) is 73.1 Å². The zero-order chi connectivity index (χ0) is 19.3. The number of benzene rings is 3. The van der Waals surface area contributed by atoms with Gasteiger partial charge in [0.15, 0.2) is 0 Å². The summed E-state index contributed by atoms with van der Waals surface area (Å²) in [7, 11) is 0. The lowest BCUT2D eigenvalue weighted by atomic mass is 9.85. The minimum Gasteiger partial charge on any atom is -0.508 e. The fourth-order valence-electron chi connectivity index (χ4n) is 3.91. The predicted molar refractivity (Wildman–Crippen MR) is 116 cm³/mol. The van der Waals surface area contributed by atoms with Crippen molar-refractivity contribution >= 4 is 45.0 Å². The third-order valence-corrected chi connectivity index (χ3v) is 5.67. The molecule has 0 aliphatic rings. The number of phenols is 1. The molecule has 0 aliphatic carbocycles. The van der Waals surface area contributed by atoms with Crippen LogP contribution in [0.5, 0.6) is 5.75 Å². The largest absolute Gasteiger partial charge is 0.508 e. The summed E-state index contributed by atoms with van der Waals surface area (Å²) in [4.78, 5) is 6.69. The first-order valence-electron chi connectivity index (χ1n) is 8.92. The van der Waals surface area contributed by atoms with Gasteiger partial charge in [-0.2, -0.15) is 0 Å². The number of nitrogens with one attached hydrogen (secondary N) is 2. The van der Waals surface area contributed by atoms with Crippen LogP contribution in [0.1, 0.15) is 22.6 Å². The van der Waals surface area contributed by atoms with Crippen LogP contribution in [-0.4, -0.2) is 15.1 Å². The fourth-order valence-corrected chi connectivity index (χ4v) is 4.26. The van der Waals surface area contributed by atoms with Crippen molar-refractivity contribution in [2.24, 2.45) is 0 Å². The van der Waals surface area contributed by atoms with E-state index in [0.29, 0.717) is 10.0 Å². The summed E-state index contributed by atoms with van der Waals surface area (Å²) in [6.45, 7) is 0. The Hall–Kier alpha value is -2.88. The average Bonchev–Trinajstić information content (AvgIpc) is 3.28. The SMILES string of the molecule is Oc1ccc(C(c2c[nH]c3cc(Cl)ccc23)c2c[nH]c3cc(Cl)ccc23)cc1. The molecule has 138 valence electrons. The highest BCUT2D eigenvalue weighted by Gasteiger charge is 2.23. The normalized spacial score (nSPS) is 11.7. The van der Waals surface area contributed by atoms with Crippen molar-refractivity contribution in [1.29, 1.82) is 0 Å². The standard InChI is InChI=1S/C23H16Cl2N2O/c24-14-3-7-17-19(11-26-21(17)9-14)23(13-1-5-16(28)6-2-13)20-12-27-22-10-15(25)4-8-18(20)22/h1-12,23,26-28H. The molecule has 5 aromatic rings. The second-order valence-corrected chi connectivity index (χ2v) is 7.77. The lowest BCUT2D eigenvalue weighted by molar-refractivity contribution is 0.475. The molecule has 0 saturated heterocycles. The van der Waals surface area contributed by atoms with Crippen molar-refractivity contribution in [2.75, 3.05) is 0 Å². The molecule has 28 heavy (non-hydrogen) atoms. The zero-order valence-electron chi connectivity index (χ0n) is 14.7. The van der Waals surface area contributed by atoms with Crippen molar-refractivity contribution in [2.45, 2.75) is 5.92 Å². The highest BCUT2D eigenvalue weighted by Crippen LogP contribution is 2.40. The molecule has 0 radical (unpaired) electrons. The first-order chi connectivity index (χ1) is 13.6. The van der Waals surface area contributed by atoms with Crippen LogP contribution in [-0.2, 0) is 0 Å². The Morgan fingerprint density at radius 1 is 0.679 bits per heavy atom. The van der Waals surface area contributed by atoms with Crippen molar-refractivity contribution in [3.8, 4) is 5.75 Å². The fraction of sp³-hybridized carbons (Fsp3) is 0.0435. The number of aromatic amines is 2. The molecular weight excluding hydrogens is 391 g/mol. The Morgan fingerprint density at radius 3 is 1.68 bits per heavy atom. The number of halogens is 2. The van der Waals surface area contributed by atoms with E-state index >= 15 is 0 Å². The number of phenolic OH excluding ortho intramolecular Hbond substituents is 1. The monoisotopic (exact) mass is 406 g/mol. The van der Waals surface area contributed by atoms with Gasteiger partial charge in [-0.3, -0.25) is 0 Å². The number of hydrogen-bond acceptors (Lipinski definition) is 1. The van der Waals surface area contributed by atoms with Gasteiger partial charge in [0.25, 0.3) is 0 Å². The zero-order valence-corrected chi connectivity index (χ0v) is 16.2. The van der Waals surface area contributed by atoms with E-state index < -0.39 is 0 Å². The lowest BCUT2D eigenvalue weighted by Crippen LogP contribution is -2.02. The second-order valence-electron chi connectivity index (χ2n) is 6.89. The lowest BCUT2D eigenvalue weighted by Gasteiger charge is -2.17. The van der Waals surface area contributed by atoms with Gasteiger partial charge in [-0.25, -0.2) is 0 Å². The van der Waals surface area contributed by atoms with Crippen molar-refractivity contribution in [1.82, 2.24) is 9.97 Å². The minimum atomic E-state index is -0.0227. The van der Waals surface area contributed by atoms with Gasteiger partial charge in [0.05, 0.1) is 0 Å². The van der Waals surface area contributed by atoms with E-state index in [9.17, 15) is 5.11 Å². The van der Waals surface area contributed by atoms with Crippen molar-refractivity contribution in [3.05, 3.63) is 99.8 Å². The van der Waals surface area contributed by atoms with Crippen molar-refractivity contribution in [3.63, 3.8) is 0 Å². The van der Waals surface area contributed by atoms with Crippen LogP contribution in [0.4, 0.5) is 0 Å². The molecule has 5 rings (SSSR count). The van der Waals surface area contributed by atoms with E-state index in [1.807, 2.05) is 60.9 Å². The molecule has 3 nitrogen and oxygen atoms in total. The number of hydrogen-bond donors (Lipinski definition) is 3. The van der Waals surface area contributed by atoms with E-state index in [1.54, 1.807) is 12.1 Å². The van der Waals surface area contributed by atoms with Crippen LogP contribution in [0.25, 0.3) is 21.8 Å². The average molecular weight is 407 g/mol. The van der Waals surface area contributed by atoms with E-state index in [2.05, 4.69) is 9.97 Å². The second kappa shape index (κ2) is 6.62. The summed E-state index contributed by atoms with van der Waals surface area (Å²) in [6, 6.07) is 19.1. The molecule has 3 aromatic carbocycles. The molecule has 2 heterocycles. The van der Waals surface area contributed by atoms with E-state index in [0.717, 1.165) is 38.5 Å². The van der Waals surface area contributed by atoms with Crippen LogP contribution in [0.2, 0.25) is 10.0 Å².